The molecule has 0 bridgehead atoms. The summed E-state index contributed by atoms with van der Waals surface area (Å²) in [7, 11) is 2.89. The highest BCUT2D eigenvalue weighted by Gasteiger charge is 2.55. The number of esters is 1. The molecule has 13 nitrogen and oxygen atoms in total. The van der Waals surface area contributed by atoms with Gasteiger partial charge in [-0.2, -0.15) is 4.98 Å². The molecule has 3 N–H and O–H groups in total. The summed E-state index contributed by atoms with van der Waals surface area (Å²) in [5.41, 5.74) is -3.19. The van der Waals surface area contributed by atoms with Crippen LogP contribution in [-0.2, 0) is 23.4 Å². The average Bonchev–Trinajstić information content (AvgIpc) is 3.12. The molecule has 7 atom stereocenters. The van der Waals surface area contributed by atoms with Crippen LogP contribution in [-0.4, -0.2) is 88.2 Å². The SMILES string of the molecule is C/C=C\C=C(\OP(=O)(Cl)N[C@@H](C)C(=O)OC)C(C)CN(C)C=Nc1ccn([C@@H]2O[C@H](CO)[C@@H](O)[C@@]2(C)F)c(=O)n1. The van der Waals surface area contributed by atoms with E-state index in [0.717, 1.165) is 11.5 Å². The van der Waals surface area contributed by atoms with Crippen molar-refractivity contribution in [1.82, 2.24) is 19.5 Å². The summed E-state index contributed by atoms with van der Waals surface area (Å²) in [6.07, 6.45) is 3.37. The van der Waals surface area contributed by atoms with Crippen molar-refractivity contribution >= 4 is 36.2 Å². The Morgan fingerprint density at radius 2 is 2.17 bits per heavy atom. The zero-order valence-corrected chi connectivity index (χ0v) is 24.8. The van der Waals surface area contributed by atoms with Crippen LogP contribution in [0, 0.1) is 5.92 Å². The van der Waals surface area contributed by atoms with Crippen LogP contribution >= 0.6 is 18.1 Å². The van der Waals surface area contributed by atoms with Crippen molar-refractivity contribution in [3.05, 3.63) is 46.7 Å². The number of nitrogens with one attached hydrogen (secondary N) is 1. The maximum Gasteiger partial charge on any atom is 0.409 e. The summed E-state index contributed by atoms with van der Waals surface area (Å²) in [5, 5.41) is 21.8. The third kappa shape index (κ3) is 8.69. The van der Waals surface area contributed by atoms with Crippen LogP contribution in [0.4, 0.5) is 10.2 Å². The summed E-state index contributed by atoms with van der Waals surface area (Å²) >= 11 is 6.06. The van der Waals surface area contributed by atoms with Gasteiger partial charge in [-0.05, 0) is 32.9 Å². The third-order valence-electron chi connectivity index (χ3n) is 5.98. The monoisotopic (exact) mass is 607 g/mol. The molecule has 0 aliphatic carbocycles. The van der Waals surface area contributed by atoms with Gasteiger partial charge in [0, 0.05) is 36.9 Å². The lowest BCUT2D eigenvalue weighted by Crippen LogP contribution is -2.42. The van der Waals surface area contributed by atoms with Gasteiger partial charge in [0.1, 0.15) is 24.0 Å². The molecule has 0 aromatic carbocycles. The molecule has 1 fully saturated rings. The van der Waals surface area contributed by atoms with Gasteiger partial charge in [0.2, 0.25) is 0 Å². The van der Waals surface area contributed by atoms with Gasteiger partial charge in [0.15, 0.2) is 17.7 Å². The number of nitrogens with zero attached hydrogens (tertiary/aromatic N) is 4. The van der Waals surface area contributed by atoms with Gasteiger partial charge in [-0.25, -0.2) is 23.8 Å². The molecule has 0 amide bonds. The molecule has 16 heteroatoms. The minimum atomic E-state index is -3.96. The van der Waals surface area contributed by atoms with E-state index in [1.807, 2.05) is 0 Å². The lowest BCUT2D eigenvalue weighted by atomic mass is 9.98. The zero-order valence-electron chi connectivity index (χ0n) is 23.1. The largest absolute Gasteiger partial charge is 0.468 e. The van der Waals surface area contributed by atoms with Crippen LogP contribution in [0.15, 0.2) is 46.0 Å². The summed E-state index contributed by atoms with van der Waals surface area (Å²) in [4.78, 5) is 33.9. The Balaban J connectivity index is 2.11. The number of carbonyl (C=O) groups is 1. The van der Waals surface area contributed by atoms with Crippen LogP contribution in [0.5, 0.6) is 0 Å². The zero-order chi connectivity index (χ0) is 30.3. The molecule has 1 aliphatic heterocycles. The maximum atomic E-state index is 15.0. The number of aliphatic hydroxyl groups is 2. The quantitative estimate of drug-likeness (QED) is 0.0753. The van der Waals surface area contributed by atoms with Crippen LogP contribution in [0.1, 0.15) is 33.9 Å². The Kier molecular flexibility index (Phi) is 12.0. The van der Waals surface area contributed by atoms with Gasteiger partial charge in [0.25, 0.3) is 0 Å². The van der Waals surface area contributed by atoms with E-state index < -0.39 is 55.3 Å². The number of alkyl halides is 1. The number of methoxy groups -OCH3 is 1. The van der Waals surface area contributed by atoms with E-state index in [-0.39, 0.29) is 17.5 Å². The van der Waals surface area contributed by atoms with Gasteiger partial charge < -0.3 is 29.1 Å². The van der Waals surface area contributed by atoms with E-state index in [0.29, 0.717) is 6.54 Å². The van der Waals surface area contributed by atoms with E-state index in [4.69, 9.17) is 20.5 Å². The van der Waals surface area contributed by atoms with Crippen molar-refractivity contribution < 1.29 is 38.0 Å². The van der Waals surface area contributed by atoms with E-state index in [2.05, 4.69) is 19.8 Å². The fourth-order valence-electron chi connectivity index (χ4n) is 3.84. The standard InChI is InChI=1S/C24H36ClFN5O8P/c1-7-8-9-17(39-40(25,36)29-16(3)21(34)37-6)15(2)12-30(5)14-27-19-10-11-31(23(35)28-19)22-24(4,26)20(33)18(13-32)38-22/h7-11,14-16,18,20,22,32-33H,12-13H2,1-6H3,(H,29,36)/b8-7-,17-9+,27-14?/t15?,16-,18+,20+,22+,24+,40?/m0/s1. The minimum Gasteiger partial charge on any atom is -0.468 e. The number of aliphatic hydroxyl groups excluding tert-OH is 2. The highest BCUT2D eigenvalue weighted by molar-refractivity contribution is 7.83. The number of hydrogen-bond donors (Lipinski definition) is 3. The minimum absolute atomic E-state index is 0.0331. The van der Waals surface area contributed by atoms with Gasteiger partial charge in [-0.15, -0.1) is 0 Å². The maximum absolute atomic E-state index is 15.0. The molecule has 2 rings (SSSR count). The lowest BCUT2D eigenvalue weighted by molar-refractivity contribution is -0.142. The van der Waals surface area contributed by atoms with E-state index >= 15 is 4.39 Å². The van der Waals surface area contributed by atoms with Crippen molar-refractivity contribution in [1.29, 1.82) is 0 Å². The molecule has 40 heavy (non-hydrogen) atoms. The van der Waals surface area contributed by atoms with E-state index in [1.165, 1.54) is 32.6 Å². The van der Waals surface area contributed by atoms with Gasteiger partial charge >= 0.3 is 18.5 Å². The smallest absolute Gasteiger partial charge is 0.409 e. The number of allylic oxidation sites excluding steroid dienone is 3. The first-order valence-corrected chi connectivity index (χ1v) is 14.8. The molecular formula is C24H36ClFN5O8P. The molecule has 0 spiro atoms. The van der Waals surface area contributed by atoms with Crippen molar-refractivity contribution in [3.63, 3.8) is 0 Å². The number of hydrogen-bond acceptors (Lipinski definition) is 10. The number of carbonyl (C=O) groups excluding carboxylic acids is 1. The van der Waals surface area contributed by atoms with Crippen LogP contribution in [0.2, 0.25) is 0 Å². The Labute approximate surface area is 236 Å². The van der Waals surface area contributed by atoms with Crippen molar-refractivity contribution in [3.8, 4) is 0 Å². The second kappa shape index (κ2) is 14.3. The number of aromatic nitrogens is 2. The summed E-state index contributed by atoms with van der Waals surface area (Å²) in [6.45, 7) is 1.83. The average molecular weight is 608 g/mol. The number of halogens is 2. The Morgan fingerprint density at radius 1 is 1.50 bits per heavy atom. The molecule has 2 heterocycles. The predicted molar refractivity (Wildman–Crippen MR) is 147 cm³/mol. The third-order valence-corrected chi connectivity index (χ3v) is 7.62. The molecule has 2 unspecified atom stereocenters. The van der Waals surface area contributed by atoms with Crippen molar-refractivity contribution in [2.45, 2.75) is 57.8 Å². The second-order valence-electron chi connectivity index (χ2n) is 9.41. The normalized spacial score (nSPS) is 26.6. The van der Waals surface area contributed by atoms with Crippen molar-refractivity contribution in [2.24, 2.45) is 10.9 Å². The molecule has 0 saturated carbocycles. The summed E-state index contributed by atoms with van der Waals surface area (Å²) in [6, 6.07) is 0.399. The number of aliphatic imine (C=N–C) groups is 1. The van der Waals surface area contributed by atoms with Crippen LogP contribution in [0.25, 0.3) is 0 Å². The molecule has 1 aliphatic rings. The van der Waals surface area contributed by atoms with Gasteiger partial charge in [-0.3, -0.25) is 9.36 Å². The summed E-state index contributed by atoms with van der Waals surface area (Å²) < 4.78 is 44.2. The fourth-order valence-corrected chi connectivity index (χ4v) is 5.65. The molecule has 1 aromatic rings. The van der Waals surface area contributed by atoms with E-state index in [1.54, 1.807) is 44.0 Å². The predicted octanol–water partition coefficient (Wildman–Crippen LogP) is 2.42. The first-order chi connectivity index (χ1) is 18.7. The fraction of sp³-hybridized carbons (Fsp3) is 0.583. The molecular weight excluding hydrogens is 572 g/mol. The lowest BCUT2D eigenvalue weighted by Gasteiger charge is -2.25. The van der Waals surface area contributed by atoms with Crippen LogP contribution < -0.4 is 10.8 Å². The Bertz CT molecular complexity index is 1230. The second-order valence-corrected chi connectivity index (χ2v) is 12.1. The molecule has 1 saturated heterocycles. The highest BCUT2D eigenvalue weighted by Crippen LogP contribution is 2.51. The topological polar surface area (TPSA) is 165 Å². The molecule has 0 radical (unpaired) electrons. The van der Waals surface area contributed by atoms with Crippen LogP contribution in [0.3, 0.4) is 0 Å². The summed E-state index contributed by atoms with van der Waals surface area (Å²) in [5.74, 6) is -0.708. The van der Waals surface area contributed by atoms with E-state index in [9.17, 15) is 24.4 Å². The number of rotatable bonds is 13. The molecule has 224 valence electrons. The Morgan fingerprint density at radius 3 is 2.73 bits per heavy atom. The Hall–Kier alpha value is -2.61. The van der Waals surface area contributed by atoms with Crippen molar-refractivity contribution in [2.75, 3.05) is 27.3 Å². The van der Waals surface area contributed by atoms with Gasteiger partial charge in [-0.1, -0.05) is 19.1 Å². The first kappa shape index (κ1) is 33.6. The van der Waals surface area contributed by atoms with Gasteiger partial charge in [0.05, 0.1) is 20.1 Å². The first-order valence-electron chi connectivity index (χ1n) is 12.3. The molecule has 1 aromatic heterocycles. The highest BCUT2D eigenvalue weighted by atomic mass is 35.7. The number of ether oxygens (including phenoxy) is 2.